The molecular weight excluding hydrogens is 215 g/mol. The smallest absolute Gasteiger partial charge is 0.126 e. The molecular formula is C14H21FN2. The molecule has 1 heterocycles. The average molecular weight is 236 g/mol. The first-order valence-corrected chi connectivity index (χ1v) is 6.39. The van der Waals surface area contributed by atoms with E-state index in [9.17, 15) is 4.39 Å². The van der Waals surface area contributed by atoms with Gasteiger partial charge >= 0.3 is 0 Å². The van der Waals surface area contributed by atoms with Gasteiger partial charge in [0.05, 0.1) is 0 Å². The van der Waals surface area contributed by atoms with Crippen LogP contribution in [0.25, 0.3) is 0 Å². The lowest BCUT2D eigenvalue weighted by atomic mass is 9.88. The van der Waals surface area contributed by atoms with Gasteiger partial charge < -0.3 is 11.1 Å². The number of nitrogens with two attached hydrogens (primary N) is 1. The van der Waals surface area contributed by atoms with Crippen LogP contribution in [0.15, 0.2) is 18.2 Å². The normalized spacial score (nSPS) is 19.2. The maximum atomic E-state index is 13.2. The van der Waals surface area contributed by atoms with Crippen molar-refractivity contribution in [2.24, 2.45) is 11.7 Å². The Kier molecular flexibility index (Phi) is 4.13. The maximum Gasteiger partial charge on any atom is 0.126 e. The minimum absolute atomic E-state index is 0.0393. The molecule has 1 aliphatic heterocycles. The molecule has 17 heavy (non-hydrogen) atoms. The Bertz CT molecular complexity index is 372. The zero-order chi connectivity index (χ0) is 12.3. The maximum absolute atomic E-state index is 13.2. The Morgan fingerprint density at radius 2 is 2.12 bits per heavy atom. The molecule has 0 aliphatic carbocycles. The van der Waals surface area contributed by atoms with E-state index in [0.29, 0.717) is 11.5 Å². The third-order valence-electron chi connectivity index (χ3n) is 3.66. The molecule has 0 bridgehead atoms. The van der Waals surface area contributed by atoms with E-state index in [-0.39, 0.29) is 11.9 Å². The molecule has 1 unspecified atom stereocenters. The number of benzene rings is 1. The summed E-state index contributed by atoms with van der Waals surface area (Å²) in [5, 5.41) is 3.35. The van der Waals surface area contributed by atoms with Gasteiger partial charge in [-0.25, -0.2) is 4.39 Å². The number of piperidine rings is 1. The average Bonchev–Trinajstić information content (AvgIpc) is 2.34. The summed E-state index contributed by atoms with van der Waals surface area (Å²) in [4.78, 5) is 0. The summed E-state index contributed by atoms with van der Waals surface area (Å²) < 4.78 is 13.2. The van der Waals surface area contributed by atoms with Crippen LogP contribution in [0.3, 0.4) is 0 Å². The lowest BCUT2D eigenvalue weighted by molar-refractivity contribution is 0.333. The Hall–Kier alpha value is -0.930. The lowest BCUT2D eigenvalue weighted by Crippen LogP contribution is -2.29. The van der Waals surface area contributed by atoms with Crippen molar-refractivity contribution in [2.75, 3.05) is 13.1 Å². The number of nitrogens with one attached hydrogen (secondary N) is 1. The molecule has 2 nitrogen and oxygen atoms in total. The van der Waals surface area contributed by atoms with E-state index in [1.807, 2.05) is 12.1 Å². The van der Waals surface area contributed by atoms with E-state index in [4.69, 9.17) is 5.73 Å². The van der Waals surface area contributed by atoms with E-state index in [2.05, 4.69) is 5.32 Å². The highest BCUT2D eigenvalue weighted by molar-refractivity contribution is 5.26. The summed E-state index contributed by atoms with van der Waals surface area (Å²) in [6.07, 6.45) is 3.41. The van der Waals surface area contributed by atoms with Crippen LogP contribution in [0.4, 0.5) is 4.39 Å². The molecule has 0 aromatic heterocycles. The second-order valence-electron chi connectivity index (χ2n) is 5.04. The monoisotopic (exact) mass is 236 g/mol. The van der Waals surface area contributed by atoms with Crippen LogP contribution in [0, 0.1) is 18.7 Å². The lowest BCUT2D eigenvalue weighted by Gasteiger charge is -2.25. The van der Waals surface area contributed by atoms with Crippen molar-refractivity contribution in [1.82, 2.24) is 5.32 Å². The number of rotatable bonds is 3. The third kappa shape index (κ3) is 3.27. The Balaban J connectivity index is 1.98. The largest absolute Gasteiger partial charge is 0.324 e. The molecule has 1 atom stereocenters. The van der Waals surface area contributed by atoms with Crippen LogP contribution in [0.5, 0.6) is 0 Å². The van der Waals surface area contributed by atoms with Gasteiger partial charge in [-0.3, -0.25) is 0 Å². The van der Waals surface area contributed by atoms with Crippen LogP contribution in [0.2, 0.25) is 0 Å². The van der Waals surface area contributed by atoms with Crippen molar-refractivity contribution >= 4 is 0 Å². The predicted octanol–water partition coefficient (Wildman–Crippen LogP) is 2.52. The Morgan fingerprint density at radius 3 is 2.76 bits per heavy atom. The predicted molar refractivity (Wildman–Crippen MR) is 68.3 cm³/mol. The molecule has 1 saturated heterocycles. The van der Waals surface area contributed by atoms with Crippen LogP contribution in [-0.4, -0.2) is 13.1 Å². The van der Waals surface area contributed by atoms with Crippen molar-refractivity contribution in [3.05, 3.63) is 35.1 Å². The molecule has 1 aliphatic rings. The first kappa shape index (κ1) is 12.5. The van der Waals surface area contributed by atoms with Gasteiger partial charge in [-0.05, 0) is 62.4 Å². The molecule has 0 spiro atoms. The Labute approximate surface area is 102 Å². The highest BCUT2D eigenvalue weighted by atomic mass is 19.1. The van der Waals surface area contributed by atoms with Crippen molar-refractivity contribution in [1.29, 1.82) is 0 Å². The van der Waals surface area contributed by atoms with Gasteiger partial charge in [0.25, 0.3) is 0 Å². The highest BCUT2D eigenvalue weighted by Crippen LogP contribution is 2.25. The molecule has 94 valence electrons. The van der Waals surface area contributed by atoms with Crippen molar-refractivity contribution in [3.8, 4) is 0 Å². The quantitative estimate of drug-likeness (QED) is 0.846. The van der Waals surface area contributed by atoms with Crippen LogP contribution in [0.1, 0.15) is 36.4 Å². The molecule has 1 aromatic rings. The summed E-state index contributed by atoms with van der Waals surface area (Å²) in [5.41, 5.74) is 7.94. The van der Waals surface area contributed by atoms with E-state index in [1.165, 1.54) is 18.9 Å². The van der Waals surface area contributed by atoms with Gasteiger partial charge in [0.1, 0.15) is 5.82 Å². The molecule has 0 radical (unpaired) electrons. The van der Waals surface area contributed by atoms with Gasteiger partial charge in [-0.15, -0.1) is 0 Å². The molecule has 0 saturated carbocycles. The van der Waals surface area contributed by atoms with E-state index in [1.54, 1.807) is 6.92 Å². The number of hydrogen-bond acceptors (Lipinski definition) is 2. The van der Waals surface area contributed by atoms with E-state index < -0.39 is 0 Å². The Morgan fingerprint density at radius 1 is 1.41 bits per heavy atom. The first-order valence-electron chi connectivity index (χ1n) is 6.39. The second kappa shape index (κ2) is 5.61. The van der Waals surface area contributed by atoms with Crippen molar-refractivity contribution in [2.45, 2.75) is 32.2 Å². The summed E-state index contributed by atoms with van der Waals surface area (Å²) in [5.74, 6) is 0.555. The van der Waals surface area contributed by atoms with Gasteiger partial charge in [-0.2, -0.15) is 0 Å². The van der Waals surface area contributed by atoms with E-state index in [0.717, 1.165) is 25.1 Å². The standard InChI is InChI=1S/C14H21FN2/c1-10-8-12(2-3-13(10)15)14(16)9-11-4-6-17-7-5-11/h2-3,8,11,14,17H,4-7,9,16H2,1H3. The van der Waals surface area contributed by atoms with E-state index >= 15 is 0 Å². The van der Waals surface area contributed by atoms with Crippen molar-refractivity contribution < 1.29 is 4.39 Å². The zero-order valence-corrected chi connectivity index (χ0v) is 10.4. The highest BCUT2D eigenvalue weighted by Gasteiger charge is 2.17. The summed E-state index contributed by atoms with van der Waals surface area (Å²) in [6.45, 7) is 3.98. The zero-order valence-electron chi connectivity index (χ0n) is 10.4. The fourth-order valence-electron chi connectivity index (χ4n) is 2.51. The van der Waals surface area contributed by atoms with Gasteiger partial charge in [0, 0.05) is 6.04 Å². The minimum atomic E-state index is -0.150. The molecule has 3 N–H and O–H groups in total. The minimum Gasteiger partial charge on any atom is -0.324 e. The number of halogens is 1. The van der Waals surface area contributed by atoms with Crippen LogP contribution in [-0.2, 0) is 0 Å². The van der Waals surface area contributed by atoms with Crippen LogP contribution >= 0.6 is 0 Å². The molecule has 1 fully saturated rings. The fourth-order valence-corrected chi connectivity index (χ4v) is 2.51. The SMILES string of the molecule is Cc1cc(C(N)CC2CCNCC2)ccc1F. The first-order chi connectivity index (χ1) is 8.16. The van der Waals surface area contributed by atoms with Gasteiger partial charge in [0.15, 0.2) is 0 Å². The molecule has 1 aromatic carbocycles. The van der Waals surface area contributed by atoms with Gasteiger partial charge in [-0.1, -0.05) is 12.1 Å². The topological polar surface area (TPSA) is 38.0 Å². The molecule has 3 heteroatoms. The number of hydrogen-bond donors (Lipinski definition) is 2. The molecule has 2 rings (SSSR count). The fraction of sp³-hybridized carbons (Fsp3) is 0.571. The summed E-state index contributed by atoms with van der Waals surface area (Å²) >= 11 is 0. The summed E-state index contributed by atoms with van der Waals surface area (Å²) in [7, 11) is 0. The van der Waals surface area contributed by atoms with Gasteiger partial charge in [0.2, 0.25) is 0 Å². The molecule has 0 amide bonds. The number of aryl methyl sites for hydroxylation is 1. The van der Waals surface area contributed by atoms with Crippen LogP contribution < -0.4 is 11.1 Å². The summed E-state index contributed by atoms with van der Waals surface area (Å²) in [6, 6.07) is 5.25. The third-order valence-corrected chi connectivity index (χ3v) is 3.66. The van der Waals surface area contributed by atoms with Crippen molar-refractivity contribution in [3.63, 3.8) is 0 Å². The second-order valence-corrected chi connectivity index (χ2v) is 5.04.